The summed E-state index contributed by atoms with van der Waals surface area (Å²) in [5.74, 6) is 0.754. The van der Waals surface area contributed by atoms with E-state index >= 15 is 0 Å². The van der Waals surface area contributed by atoms with Crippen LogP contribution in [0.25, 0.3) is 0 Å². The number of nitrogens with zero attached hydrogens (tertiary/aromatic N) is 3. The van der Waals surface area contributed by atoms with Gasteiger partial charge in [-0.2, -0.15) is 0 Å². The fourth-order valence-corrected chi connectivity index (χ4v) is 3.62. The second-order valence-corrected chi connectivity index (χ2v) is 6.16. The Morgan fingerprint density at radius 2 is 2.11 bits per heavy atom. The van der Waals surface area contributed by atoms with Gasteiger partial charge in [-0.15, -0.1) is 10.2 Å². The van der Waals surface area contributed by atoms with E-state index < -0.39 is 0 Å². The molecule has 2 fully saturated rings. The maximum Gasteiger partial charge on any atom is 0.276 e. The van der Waals surface area contributed by atoms with Crippen molar-refractivity contribution in [2.24, 2.45) is 0 Å². The molecule has 5 nitrogen and oxygen atoms in total. The van der Waals surface area contributed by atoms with Crippen LogP contribution in [0.4, 0.5) is 0 Å². The first-order chi connectivity index (χ1) is 8.81. The first-order valence-electron chi connectivity index (χ1n) is 6.58. The third-order valence-electron chi connectivity index (χ3n) is 3.52. The molecule has 1 aromatic heterocycles. The number of hydrogen-bond donors (Lipinski definition) is 0. The molecule has 2 aliphatic rings. The Balaban J connectivity index is 1.57. The number of hydrogen-bond acceptors (Lipinski definition) is 5. The number of carbonyl (C=O) groups excluding carboxylic acids is 1. The summed E-state index contributed by atoms with van der Waals surface area (Å²) < 4.78 is 5.60. The highest BCUT2D eigenvalue weighted by molar-refractivity contribution is 7.99. The Bertz CT molecular complexity index is 429. The molecule has 2 heterocycles. The highest BCUT2D eigenvalue weighted by atomic mass is 32.2. The molecule has 3 rings (SSSR count). The van der Waals surface area contributed by atoms with Gasteiger partial charge in [0.2, 0.25) is 11.8 Å². The second-order valence-electron chi connectivity index (χ2n) is 4.90. The SMILES string of the molecule is O=C1CCCN1Cc1nnc(SC2CCCC2)o1. The normalized spacial score (nSPS) is 21.1. The Hall–Kier alpha value is -1.04. The number of rotatable bonds is 4. The molecule has 0 unspecified atom stereocenters. The van der Waals surface area contributed by atoms with Gasteiger partial charge in [0.25, 0.3) is 5.22 Å². The molecule has 98 valence electrons. The van der Waals surface area contributed by atoms with Crippen LogP contribution in [0.1, 0.15) is 44.4 Å². The van der Waals surface area contributed by atoms with Crippen LogP contribution in [0, 0.1) is 0 Å². The Labute approximate surface area is 110 Å². The van der Waals surface area contributed by atoms with Gasteiger partial charge in [-0.05, 0) is 19.3 Å². The Morgan fingerprint density at radius 3 is 2.83 bits per heavy atom. The lowest BCUT2D eigenvalue weighted by molar-refractivity contribution is -0.128. The minimum atomic E-state index is 0.193. The molecule has 6 heteroatoms. The van der Waals surface area contributed by atoms with E-state index in [1.54, 1.807) is 16.7 Å². The zero-order valence-electron chi connectivity index (χ0n) is 10.3. The average Bonchev–Trinajstić information content (AvgIpc) is 3.06. The molecule has 1 saturated heterocycles. The average molecular weight is 267 g/mol. The molecule has 0 radical (unpaired) electrons. The van der Waals surface area contributed by atoms with Crippen molar-refractivity contribution in [2.75, 3.05) is 6.54 Å². The van der Waals surface area contributed by atoms with Crippen molar-refractivity contribution in [2.45, 2.75) is 55.5 Å². The van der Waals surface area contributed by atoms with E-state index in [0.29, 0.717) is 29.3 Å². The molecule has 1 amide bonds. The fraction of sp³-hybridized carbons (Fsp3) is 0.750. The first-order valence-corrected chi connectivity index (χ1v) is 7.46. The fourth-order valence-electron chi connectivity index (χ4n) is 2.53. The minimum absolute atomic E-state index is 0.193. The molecule has 1 aromatic rings. The van der Waals surface area contributed by atoms with E-state index in [4.69, 9.17) is 4.42 Å². The van der Waals surface area contributed by atoms with Crippen molar-refractivity contribution in [3.05, 3.63) is 5.89 Å². The van der Waals surface area contributed by atoms with E-state index in [2.05, 4.69) is 10.2 Å². The van der Waals surface area contributed by atoms with E-state index in [9.17, 15) is 4.79 Å². The number of carbonyl (C=O) groups is 1. The van der Waals surface area contributed by atoms with Gasteiger partial charge in [-0.3, -0.25) is 4.79 Å². The summed E-state index contributed by atoms with van der Waals surface area (Å²) in [5, 5.41) is 9.37. The van der Waals surface area contributed by atoms with Crippen molar-refractivity contribution in [3.8, 4) is 0 Å². The smallest absolute Gasteiger partial charge is 0.276 e. The molecule has 0 N–H and O–H groups in total. The lowest BCUT2D eigenvalue weighted by Crippen LogP contribution is -2.23. The van der Waals surface area contributed by atoms with E-state index in [0.717, 1.165) is 13.0 Å². The predicted molar refractivity (Wildman–Crippen MR) is 67.1 cm³/mol. The van der Waals surface area contributed by atoms with Crippen LogP contribution >= 0.6 is 11.8 Å². The molecule has 1 aliphatic heterocycles. The molecule has 0 aromatic carbocycles. The summed E-state index contributed by atoms with van der Waals surface area (Å²) in [6, 6.07) is 0. The van der Waals surface area contributed by atoms with Gasteiger partial charge in [-0.1, -0.05) is 24.6 Å². The predicted octanol–water partition coefficient (Wildman–Crippen LogP) is 2.23. The largest absolute Gasteiger partial charge is 0.414 e. The van der Waals surface area contributed by atoms with Crippen molar-refractivity contribution < 1.29 is 9.21 Å². The zero-order valence-corrected chi connectivity index (χ0v) is 11.1. The monoisotopic (exact) mass is 267 g/mol. The first kappa shape index (κ1) is 12.0. The summed E-state index contributed by atoms with van der Waals surface area (Å²) in [4.78, 5) is 13.3. The van der Waals surface area contributed by atoms with Crippen molar-refractivity contribution in [1.82, 2.24) is 15.1 Å². The van der Waals surface area contributed by atoms with Gasteiger partial charge in [0.1, 0.15) is 0 Å². The van der Waals surface area contributed by atoms with Crippen LogP contribution in [0.5, 0.6) is 0 Å². The molecule has 1 saturated carbocycles. The molecule has 0 spiro atoms. The standard InChI is InChI=1S/C12H17N3O2S/c16-11-6-3-7-15(11)8-10-13-14-12(17-10)18-9-4-1-2-5-9/h9H,1-8H2. The van der Waals surface area contributed by atoms with Gasteiger partial charge in [0, 0.05) is 18.2 Å². The maximum absolute atomic E-state index is 11.5. The van der Waals surface area contributed by atoms with Gasteiger partial charge >= 0.3 is 0 Å². The molecular formula is C12H17N3O2S. The molecule has 18 heavy (non-hydrogen) atoms. The number of amides is 1. The van der Waals surface area contributed by atoms with E-state index in [-0.39, 0.29) is 5.91 Å². The zero-order chi connectivity index (χ0) is 12.4. The quantitative estimate of drug-likeness (QED) is 0.837. The van der Waals surface area contributed by atoms with Crippen LogP contribution in [0.15, 0.2) is 9.64 Å². The van der Waals surface area contributed by atoms with Crippen molar-refractivity contribution in [3.63, 3.8) is 0 Å². The highest BCUT2D eigenvalue weighted by Crippen LogP contribution is 2.33. The summed E-state index contributed by atoms with van der Waals surface area (Å²) in [7, 11) is 0. The Kier molecular flexibility index (Phi) is 3.54. The summed E-state index contributed by atoms with van der Waals surface area (Å²) in [5.41, 5.74) is 0. The number of likely N-dealkylation sites (tertiary alicyclic amines) is 1. The third kappa shape index (κ3) is 2.68. The summed E-state index contributed by atoms with van der Waals surface area (Å²) in [6.45, 7) is 1.28. The van der Waals surface area contributed by atoms with Crippen LogP contribution < -0.4 is 0 Å². The summed E-state index contributed by atoms with van der Waals surface area (Å²) in [6.07, 6.45) is 6.69. The molecule has 0 bridgehead atoms. The van der Waals surface area contributed by atoms with Crippen molar-refractivity contribution in [1.29, 1.82) is 0 Å². The van der Waals surface area contributed by atoms with Gasteiger partial charge in [-0.25, -0.2) is 0 Å². The topological polar surface area (TPSA) is 59.2 Å². The van der Waals surface area contributed by atoms with Crippen molar-refractivity contribution >= 4 is 17.7 Å². The third-order valence-corrected chi connectivity index (χ3v) is 4.69. The lowest BCUT2D eigenvalue weighted by atomic mass is 10.4. The van der Waals surface area contributed by atoms with Crippen LogP contribution in [-0.4, -0.2) is 32.8 Å². The summed E-state index contributed by atoms with van der Waals surface area (Å²) >= 11 is 1.69. The van der Waals surface area contributed by atoms with Crippen LogP contribution in [0.2, 0.25) is 0 Å². The van der Waals surface area contributed by atoms with Crippen LogP contribution in [0.3, 0.4) is 0 Å². The minimum Gasteiger partial charge on any atom is -0.414 e. The maximum atomic E-state index is 11.5. The van der Waals surface area contributed by atoms with Gasteiger partial charge in [0.05, 0.1) is 6.54 Å². The van der Waals surface area contributed by atoms with E-state index in [1.807, 2.05) is 0 Å². The van der Waals surface area contributed by atoms with Gasteiger partial charge in [0.15, 0.2) is 0 Å². The molecule has 1 aliphatic carbocycles. The number of thioether (sulfide) groups is 1. The highest BCUT2D eigenvalue weighted by Gasteiger charge is 2.23. The molecule has 0 atom stereocenters. The van der Waals surface area contributed by atoms with E-state index in [1.165, 1.54) is 25.7 Å². The number of aromatic nitrogens is 2. The lowest BCUT2D eigenvalue weighted by Gasteiger charge is -2.11. The Morgan fingerprint density at radius 1 is 1.28 bits per heavy atom. The second kappa shape index (κ2) is 5.30. The van der Waals surface area contributed by atoms with Gasteiger partial charge < -0.3 is 9.32 Å². The molecular weight excluding hydrogens is 250 g/mol. The van der Waals surface area contributed by atoms with Crippen LogP contribution in [-0.2, 0) is 11.3 Å².